The Kier molecular flexibility index (Phi) is 3.57. The van der Waals surface area contributed by atoms with Crippen LogP contribution < -0.4 is 5.73 Å². The van der Waals surface area contributed by atoms with E-state index in [9.17, 15) is 4.79 Å². The Hall–Kier alpha value is -1.22. The summed E-state index contributed by atoms with van der Waals surface area (Å²) in [6, 6.07) is 5.33. The highest BCUT2D eigenvalue weighted by Gasteiger charge is 2.24. The first-order chi connectivity index (χ1) is 8.08. The summed E-state index contributed by atoms with van der Waals surface area (Å²) in [5.74, 6) is 0.0337. The number of likely N-dealkylation sites (tertiary alicyclic amines) is 1. The fourth-order valence-corrected chi connectivity index (χ4v) is 2.54. The Bertz CT molecular complexity index is 413. The molecule has 1 unspecified atom stereocenters. The van der Waals surface area contributed by atoms with Crippen molar-refractivity contribution >= 4 is 23.2 Å². The fourth-order valence-electron chi connectivity index (χ4n) is 2.30. The second-order valence-electron chi connectivity index (χ2n) is 4.62. The van der Waals surface area contributed by atoms with Crippen LogP contribution in [0, 0.1) is 0 Å². The van der Waals surface area contributed by atoms with Gasteiger partial charge < -0.3 is 10.6 Å². The van der Waals surface area contributed by atoms with E-state index < -0.39 is 0 Å². The number of hydrogen-bond acceptors (Lipinski definition) is 2. The van der Waals surface area contributed by atoms with Gasteiger partial charge in [-0.05, 0) is 44.4 Å². The van der Waals surface area contributed by atoms with Gasteiger partial charge in [0.05, 0.1) is 0 Å². The van der Waals surface area contributed by atoms with E-state index in [0.717, 1.165) is 19.4 Å². The summed E-state index contributed by atoms with van der Waals surface area (Å²) in [6.07, 6.45) is 3.34. The molecule has 0 saturated carbocycles. The molecule has 1 fully saturated rings. The van der Waals surface area contributed by atoms with E-state index in [2.05, 4.69) is 6.92 Å². The molecule has 0 aliphatic carbocycles. The van der Waals surface area contributed by atoms with Crippen molar-refractivity contribution in [1.29, 1.82) is 0 Å². The van der Waals surface area contributed by atoms with E-state index in [1.807, 2.05) is 4.90 Å². The van der Waals surface area contributed by atoms with Crippen LogP contribution in [0.4, 0.5) is 5.69 Å². The van der Waals surface area contributed by atoms with Crippen LogP contribution in [0.15, 0.2) is 18.2 Å². The lowest BCUT2D eigenvalue weighted by atomic mass is 10.0. The standard InChI is InChI=1S/C13H17ClN2O/c1-9-4-2-3-5-16(9)13(17)10-6-11(14)8-12(15)7-10/h6-9H,2-5,15H2,1H3. The molecule has 1 aromatic carbocycles. The Morgan fingerprint density at radius 2 is 2.18 bits per heavy atom. The minimum absolute atomic E-state index is 0.0337. The molecule has 0 bridgehead atoms. The van der Waals surface area contributed by atoms with Gasteiger partial charge in [-0.15, -0.1) is 0 Å². The minimum atomic E-state index is 0.0337. The van der Waals surface area contributed by atoms with Gasteiger partial charge in [0.2, 0.25) is 0 Å². The van der Waals surface area contributed by atoms with Gasteiger partial charge in [0.25, 0.3) is 5.91 Å². The number of nitrogens with zero attached hydrogens (tertiary/aromatic N) is 1. The molecule has 1 heterocycles. The number of carbonyl (C=O) groups excluding carboxylic acids is 1. The van der Waals surface area contributed by atoms with Crippen LogP contribution in [0.3, 0.4) is 0 Å². The number of piperidine rings is 1. The third-order valence-electron chi connectivity index (χ3n) is 3.23. The van der Waals surface area contributed by atoms with E-state index in [1.54, 1.807) is 18.2 Å². The van der Waals surface area contributed by atoms with Gasteiger partial charge in [-0.25, -0.2) is 0 Å². The zero-order valence-electron chi connectivity index (χ0n) is 9.95. The summed E-state index contributed by atoms with van der Waals surface area (Å²) in [5.41, 5.74) is 6.83. The molecule has 0 radical (unpaired) electrons. The average molecular weight is 253 g/mol. The smallest absolute Gasteiger partial charge is 0.254 e. The Morgan fingerprint density at radius 1 is 1.41 bits per heavy atom. The molecular formula is C13H17ClN2O. The lowest BCUT2D eigenvalue weighted by Gasteiger charge is -2.33. The van der Waals surface area contributed by atoms with Crippen LogP contribution in [0.2, 0.25) is 5.02 Å². The van der Waals surface area contributed by atoms with Gasteiger partial charge in [0.15, 0.2) is 0 Å². The Labute approximate surface area is 107 Å². The molecular weight excluding hydrogens is 236 g/mol. The van der Waals surface area contributed by atoms with Crippen LogP contribution in [-0.4, -0.2) is 23.4 Å². The van der Waals surface area contributed by atoms with Gasteiger partial charge in [0.1, 0.15) is 0 Å². The lowest BCUT2D eigenvalue weighted by Crippen LogP contribution is -2.42. The maximum Gasteiger partial charge on any atom is 0.254 e. The van der Waals surface area contributed by atoms with Crippen molar-refractivity contribution in [3.63, 3.8) is 0 Å². The normalized spacial score (nSPS) is 20.4. The fraction of sp³-hybridized carbons (Fsp3) is 0.462. The molecule has 1 amide bonds. The first-order valence-corrected chi connectivity index (χ1v) is 6.33. The molecule has 17 heavy (non-hydrogen) atoms. The summed E-state index contributed by atoms with van der Waals surface area (Å²) in [7, 11) is 0. The van der Waals surface area contributed by atoms with Crippen molar-refractivity contribution in [1.82, 2.24) is 4.90 Å². The highest BCUT2D eigenvalue weighted by Crippen LogP contribution is 2.22. The average Bonchev–Trinajstić information content (AvgIpc) is 2.27. The number of hydrogen-bond donors (Lipinski definition) is 1. The number of amides is 1. The van der Waals surface area contributed by atoms with E-state index in [4.69, 9.17) is 17.3 Å². The van der Waals surface area contributed by atoms with Crippen LogP contribution in [-0.2, 0) is 0 Å². The highest BCUT2D eigenvalue weighted by molar-refractivity contribution is 6.31. The largest absolute Gasteiger partial charge is 0.399 e. The van der Waals surface area contributed by atoms with E-state index in [-0.39, 0.29) is 5.91 Å². The van der Waals surface area contributed by atoms with Gasteiger partial charge in [0, 0.05) is 28.9 Å². The zero-order chi connectivity index (χ0) is 12.4. The van der Waals surface area contributed by atoms with Crippen molar-refractivity contribution in [2.24, 2.45) is 0 Å². The molecule has 2 rings (SSSR count). The van der Waals surface area contributed by atoms with E-state index in [0.29, 0.717) is 22.3 Å². The van der Waals surface area contributed by atoms with Gasteiger partial charge >= 0.3 is 0 Å². The van der Waals surface area contributed by atoms with Crippen LogP contribution in [0.25, 0.3) is 0 Å². The van der Waals surface area contributed by atoms with Crippen molar-refractivity contribution in [3.8, 4) is 0 Å². The molecule has 1 aliphatic rings. The van der Waals surface area contributed by atoms with Crippen molar-refractivity contribution in [2.45, 2.75) is 32.2 Å². The van der Waals surface area contributed by atoms with E-state index >= 15 is 0 Å². The van der Waals surface area contributed by atoms with Crippen LogP contribution >= 0.6 is 11.6 Å². The molecule has 1 atom stereocenters. The highest BCUT2D eigenvalue weighted by atomic mass is 35.5. The van der Waals surface area contributed by atoms with Crippen molar-refractivity contribution < 1.29 is 4.79 Å². The summed E-state index contributed by atoms with van der Waals surface area (Å²) in [4.78, 5) is 14.2. The number of anilines is 1. The number of carbonyl (C=O) groups is 1. The molecule has 1 aliphatic heterocycles. The topological polar surface area (TPSA) is 46.3 Å². The molecule has 2 N–H and O–H groups in total. The maximum absolute atomic E-state index is 12.3. The quantitative estimate of drug-likeness (QED) is 0.781. The van der Waals surface area contributed by atoms with Crippen LogP contribution in [0.1, 0.15) is 36.5 Å². The number of rotatable bonds is 1. The maximum atomic E-state index is 12.3. The van der Waals surface area contributed by atoms with Gasteiger partial charge in [-0.2, -0.15) is 0 Å². The number of benzene rings is 1. The summed E-state index contributed by atoms with van der Waals surface area (Å²) in [5, 5.41) is 0.512. The first kappa shape index (κ1) is 12.2. The molecule has 3 nitrogen and oxygen atoms in total. The molecule has 1 saturated heterocycles. The molecule has 0 spiro atoms. The van der Waals surface area contributed by atoms with E-state index in [1.165, 1.54) is 6.42 Å². The number of nitrogen functional groups attached to an aromatic ring is 1. The summed E-state index contributed by atoms with van der Waals surface area (Å²) in [6.45, 7) is 2.91. The molecule has 4 heteroatoms. The molecule has 0 aromatic heterocycles. The predicted octanol–water partition coefficient (Wildman–Crippen LogP) is 2.94. The van der Waals surface area contributed by atoms with Crippen LogP contribution in [0.5, 0.6) is 0 Å². The van der Waals surface area contributed by atoms with Crippen molar-refractivity contribution in [3.05, 3.63) is 28.8 Å². The lowest BCUT2D eigenvalue weighted by molar-refractivity contribution is 0.0635. The number of nitrogens with two attached hydrogens (primary N) is 1. The molecule has 1 aromatic rings. The monoisotopic (exact) mass is 252 g/mol. The zero-order valence-corrected chi connectivity index (χ0v) is 10.7. The Balaban J connectivity index is 2.23. The molecule has 92 valence electrons. The first-order valence-electron chi connectivity index (χ1n) is 5.95. The second kappa shape index (κ2) is 4.96. The van der Waals surface area contributed by atoms with Crippen molar-refractivity contribution in [2.75, 3.05) is 12.3 Å². The second-order valence-corrected chi connectivity index (χ2v) is 5.05. The van der Waals surface area contributed by atoms with Gasteiger partial charge in [-0.3, -0.25) is 4.79 Å². The minimum Gasteiger partial charge on any atom is -0.399 e. The third kappa shape index (κ3) is 2.72. The SMILES string of the molecule is CC1CCCCN1C(=O)c1cc(N)cc(Cl)c1. The summed E-state index contributed by atoms with van der Waals surface area (Å²) < 4.78 is 0. The predicted molar refractivity (Wildman–Crippen MR) is 70.2 cm³/mol. The third-order valence-corrected chi connectivity index (χ3v) is 3.45. The van der Waals surface area contributed by atoms with Gasteiger partial charge in [-0.1, -0.05) is 11.6 Å². The summed E-state index contributed by atoms with van der Waals surface area (Å²) >= 11 is 5.92. The number of halogens is 1. The Morgan fingerprint density at radius 3 is 2.82 bits per heavy atom.